The molecule has 12 heteroatoms. The monoisotopic (exact) mass is 1010 g/mol. The topological polar surface area (TPSA) is 118 Å². The molecule has 0 fully saturated rings. The number of ether oxygens (including phenoxy) is 2. The summed E-state index contributed by atoms with van der Waals surface area (Å²) in [5, 5.41) is 2.40. The number of esters is 2. The van der Waals surface area contributed by atoms with Crippen molar-refractivity contribution in [1.29, 1.82) is 0 Å². The Balaban J connectivity index is 0.00000324. The number of hydrogen-bond acceptors (Lipinski definition) is 6. The van der Waals surface area contributed by atoms with Crippen LogP contribution in [-0.2, 0) is 45.0 Å². The number of aromatic amines is 2. The second kappa shape index (κ2) is 20.5. The summed E-state index contributed by atoms with van der Waals surface area (Å²) in [5.41, 5.74) is 18.3. The van der Waals surface area contributed by atoms with Gasteiger partial charge in [-0.2, -0.15) is 9.13 Å². The maximum atomic E-state index is 12.5. The molecule has 7 aromatic rings. The van der Waals surface area contributed by atoms with E-state index in [1.54, 1.807) is 0 Å². The number of carbonyl (C=O) groups is 2. The summed E-state index contributed by atoms with van der Waals surface area (Å²) >= 11 is 0. The van der Waals surface area contributed by atoms with E-state index >= 15 is 0 Å². The number of methoxy groups -OCH3 is 2. The van der Waals surface area contributed by atoms with Gasteiger partial charge >= 0.3 is 11.9 Å². The molecule has 8 bridgehead atoms. The number of carbonyl (C=O) groups excluding carboxylic acids is 2. The number of benzene rings is 2. The van der Waals surface area contributed by atoms with Crippen LogP contribution in [-0.4, -0.2) is 46.1 Å². The van der Waals surface area contributed by atoms with Crippen LogP contribution in [0, 0.1) is 13.8 Å². The van der Waals surface area contributed by atoms with E-state index in [9.17, 15) is 9.59 Å². The predicted molar refractivity (Wildman–Crippen MR) is 254 cm³/mol. The molecule has 0 unspecified atom stereocenters. The highest BCUT2D eigenvalue weighted by Crippen LogP contribution is 2.37. The number of aryl methyl sites for hydroxylation is 6. The number of nitrogens with one attached hydrogen (secondary N) is 2. The van der Waals surface area contributed by atoms with Crippen molar-refractivity contribution in [3.63, 3.8) is 0 Å². The summed E-state index contributed by atoms with van der Waals surface area (Å²) in [7, 11) is 2.84. The summed E-state index contributed by atoms with van der Waals surface area (Å²) in [6, 6.07) is 34.1. The molecule has 0 aliphatic carbocycles. The molecule has 2 N–H and O–H groups in total. The van der Waals surface area contributed by atoms with Gasteiger partial charge in [-0.1, -0.05) is 24.3 Å². The predicted octanol–water partition coefficient (Wildman–Crippen LogP) is 4.07. The fraction of sp³-hybridized carbons (Fsp3) is 0.259. The van der Waals surface area contributed by atoms with Gasteiger partial charge in [0.25, 0.3) is 0 Å². The highest BCUT2D eigenvalue weighted by molar-refractivity contribution is 5.95. The van der Waals surface area contributed by atoms with E-state index in [4.69, 9.17) is 19.4 Å². The van der Waals surface area contributed by atoms with E-state index in [1.807, 2.05) is 0 Å². The highest BCUT2D eigenvalue weighted by atomic mass is 79.9. The van der Waals surface area contributed by atoms with Gasteiger partial charge in [0.1, 0.15) is 0 Å². The molecule has 2 aliphatic heterocycles. The van der Waals surface area contributed by atoms with E-state index < -0.39 is 0 Å². The zero-order valence-corrected chi connectivity index (χ0v) is 41.4. The van der Waals surface area contributed by atoms with Crippen LogP contribution in [0.25, 0.3) is 66.2 Å². The van der Waals surface area contributed by atoms with E-state index in [1.165, 1.54) is 47.2 Å². The molecule has 0 radical (unpaired) electrons. The third-order valence-corrected chi connectivity index (χ3v) is 13.2. The maximum Gasteiger partial charge on any atom is 0.305 e. The Morgan fingerprint density at radius 2 is 0.924 bits per heavy atom. The van der Waals surface area contributed by atoms with Gasteiger partial charge in [0.05, 0.1) is 37.0 Å². The first-order valence-electron chi connectivity index (χ1n) is 22.1. The van der Waals surface area contributed by atoms with Crippen molar-refractivity contribution < 1.29 is 62.2 Å². The number of H-pyrrole nitrogens is 2. The number of nitrogens with zero attached hydrogens (tertiary/aromatic N) is 4. The van der Waals surface area contributed by atoms with Gasteiger partial charge in [-0.25, -0.2) is 9.97 Å². The minimum atomic E-state index is -0.276. The van der Waals surface area contributed by atoms with Crippen molar-refractivity contribution in [3.05, 3.63) is 154 Å². The molecular formula is C54H54Br2N6O4. The third-order valence-electron chi connectivity index (χ3n) is 13.2. The number of fused-ring (bicyclic) bond motifs is 10. The lowest BCUT2D eigenvalue weighted by Gasteiger charge is -2.05. The maximum absolute atomic E-state index is 12.5. The molecule has 338 valence electrons. The second-order valence-electron chi connectivity index (χ2n) is 16.8. The first kappa shape index (κ1) is 47.7. The van der Waals surface area contributed by atoms with Crippen LogP contribution in [0.3, 0.4) is 0 Å². The Morgan fingerprint density at radius 1 is 0.515 bits per heavy atom. The smallest absolute Gasteiger partial charge is 0.305 e. The van der Waals surface area contributed by atoms with E-state index in [-0.39, 0.29) is 58.7 Å². The van der Waals surface area contributed by atoms with Crippen molar-refractivity contribution in [2.24, 2.45) is 0 Å². The molecule has 66 heavy (non-hydrogen) atoms. The number of halogens is 2. The third kappa shape index (κ3) is 9.53. The fourth-order valence-corrected chi connectivity index (χ4v) is 9.45. The number of aromatic nitrogens is 6. The summed E-state index contributed by atoms with van der Waals surface area (Å²) < 4.78 is 14.8. The highest BCUT2D eigenvalue weighted by Gasteiger charge is 2.23. The Labute approximate surface area is 406 Å². The van der Waals surface area contributed by atoms with Crippen molar-refractivity contribution >= 4 is 78.1 Å². The first-order chi connectivity index (χ1) is 31.1. The van der Waals surface area contributed by atoms with Crippen molar-refractivity contribution in [3.8, 4) is 0 Å². The number of allylic oxidation sites excluding steroid dienone is 4. The number of pyridine rings is 2. The molecule has 0 saturated carbocycles. The number of rotatable bonds is 12. The van der Waals surface area contributed by atoms with Crippen molar-refractivity contribution in [2.75, 3.05) is 14.2 Å². The lowest BCUT2D eigenvalue weighted by Crippen LogP contribution is -3.00. The number of para-hydroxylation sites is 2. The minimum Gasteiger partial charge on any atom is -1.00 e. The van der Waals surface area contributed by atoms with Gasteiger partial charge < -0.3 is 53.4 Å². The SMILES string of the molecule is COC(=O)CCC1=C(C)c2cc3[nH]c(cc4nc(cc5[nH]c(cc1n2)c(CCC(=O)OC)c5C)C(CC[n+]1cccc2ccccc21)=C4C)c(CC[n+]1cccc2ccccc21)c3C.[Br-].[Br-]. The van der Waals surface area contributed by atoms with Crippen LogP contribution < -0.4 is 43.1 Å². The molecule has 2 aromatic carbocycles. The standard InChI is InChI=1S/C54H54N6O4.2BrH/c1-33-39(19-21-53(61)63-5)49-32-50-40(20-22-54(62)64-6)34(2)45(58-50)30-48-42(24-28-60-26-12-16-38-14-8-10-18-52(38)60)36(4)46(57-48)31-47-41(35(3)44(55-47)29-43(33)56-49)23-27-59-25-11-15-37-13-7-9-17-51(37)59;;/h7-18,25-26,29-32,55,58H,19-24,27-28H2,1-6H3;2*1H/q+2;;/p-2. The van der Waals surface area contributed by atoms with Gasteiger partial charge in [0.2, 0.25) is 11.0 Å². The Bertz CT molecular complexity index is 3250. The second-order valence-corrected chi connectivity index (χ2v) is 16.8. The summed E-state index contributed by atoms with van der Waals surface area (Å²) in [6.07, 6.45) is 7.27. The van der Waals surface area contributed by atoms with Gasteiger partial charge in [-0.15, -0.1) is 0 Å². The fourth-order valence-electron chi connectivity index (χ4n) is 9.45. The Morgan fingerprint density at radius 3 is 1.45 bits per heavy atom. The molecule has 0 saturated heterocycles. The first-order valence-corrected chi connectivity index (χ1v) is 22.1. The summed E-state index contributed by atoms with van der Waals surface area (Å²) in [4.78, 5) is 43.4. The van der Waals surface area contributed by atoms with E-state index in [0.29, 0.717) is 12.8 Å². The minimum absolute atomic E-state index is 0. The van der Waals surface area contributed by atoms with Gasteiger partial charge in [0, 0.05) is 82.8 Å². The molecule has 0 amide bonds. The normalized spacial score (nSPS) is 12.3. The summed E-state index contributed by atoms with van der Waals surface area (Å²) in [6.45, 7) is 10.1. The molecule has 2 aliphatic rings. The average Bonchev–Trinajstić information content (AvgIpc) is 3.97. The van der Waals surface area contributed by atoms with Crippen LogP contribution >= 0.6 is 0 Å². The van der Waals surface area contributed by atoms with Crippen LogP contribution in [0.2, 0.25) is 0 Å². The average molecular weight is 1010 g/mol. The molecule has 0 spiro atoms. The number of hydrogen-bond donors (Lipinski definition) is 2. The summed E-state index contributed by atoms with van der Waals surface area (Å²) in [5.74, 6) is -0.548. The lowest BCUT2D eigenvalue weighted by atomic mass is 10.00. The zero-order chi connectivity index (χ0) is 44.5. The van der Waals surface area contributed by atoms with Crippen LogP contribution in [0.4, 0.5) is 0 Å². The quantitative estimate of drug-likeness (QED) is 0.141. The van der Waals surface area contributed by atoms with E-state index in [0.717, 1.165) is 104 Å². The molecule has 0 atom stereocenters. The Hall–Kier alpha value is -6.24. The molecular weight excluding hydrogens is 956 g/mol. The van der Waals surface area contributed by atoms with E-state index in [2.05, 4.69) is 156 Å². The Kier molecular flexibility index (Phi) is 14.8. The lowest BCUT2D eigenvalue weighted by molar-refractivity contribution is -0.670. The molecule has 7 heterocycles. The zero-order valence-electron chi connectivity index (χ0n) is 38.2. The van der Waals surface area contributed by atoms with Crippen molar-refractivity contribution in [2.45, 2.75) is 79.3 Å². The van der Waals surface area contributed by atoms with Crippen molar-refractivity contribution in [1.82, 2.24) is 19.9 Å². The van der Waals surface area contributed by atoms with Gasteiger partial charge in [-0.3, -0.25) is 9.59 Å². The van der Waals surface area contributed by atoms with Crippen LogP contribution in [0.1, 0.15) is 84.6 Å². The molecule has 9 rings (SSSR count). The van der Waals surface area contributed by atoms with Gasteiger partial charge in [0.15, 0.2) is 25.5 Å². The van der Waals surface area contributed by atoms with Gasteiger partial charge in [-0.05, 0) is 134 Å². The molecule has 5 aromatic heterocycles. The largest absolute Gasteiger partial charge is 1.00 e. The van der Waals surface area contributed by atoms with Crippen LogP contribution in [0.15, 0.2) is 109 Å². The van der Waals surface area contributed by atoms with Crippen LogP contribution in [0.5, 0.6) is 0 Å². The molecule has 10 nitrogen and oxygen atoms in total.